The number of aromatic nitrogens is 1. The van der Waals surface area contributed by atoms with E-state index in [9.17, 15) is 13.6 Å². The van der Waals surface area contributed by atoms with Gasteiger partial charge in [0, 0.05) is 22.2 Å². The topological polar surface area (TPSA) is 55.6 Å². The van der Waals surface area contributed by atoms with Crippen LogP contribution in [0.25, 0.3) is 22.6 Å². The van der Waals surface area contributed by atoms with Gasteiger partial charge in [-0.05, 0) is 55.8 Å². The fourth-order valence-corrected chi connectivity index (χ4v) is 4.07. The van der Waals surface area contributed by atoms with E-state index in [4.69, 9.17) is 32.4 Å². The number of fused-ring (bicyclic) bond motifs is 1. The third-order valence-corrected chi connectivity index (χ3v) is 5.30. The SMILES string of the molecule is O=C(OC1CCCN(CC(F)F)C1)c1ccc2nc(-c3cc(Cl)cc(Cl)c3)oc2c1. The minimum absolute atomic E-state index is 0.306. The number of carbonyl (C=O) groups excluding carboxylic acids is 1. The summed E-state index contributed by atoms with van der Waals surface area (Å²) in [6.45, 7) is 0.577. The van der Waals surface area contributed by atoms with Gasteiger partial charge in [0.15, 0.2) is 5.58 Å². The van der Waals surface area contributed by atoms with Crippen molar-refractivity contribution in [1.29, 1.82) is 0 Å². The Balaban J connectivity index is 1.50. The van der Waals surface area contributed by atoms with E-state index in [0.717, 1.165) is 0 Å². The Morgan fingerprint density at radius 3 is 2.73 bits per heavy atom. The molecule has 5 nitrogen and oxygen atoms in total. The largest absolute Gasteiger partial charge is 0.457 e. The highest BCUT2D eigenvalue weighted by Crippen LogP contribution is 2.30. The molecule has 1 unspecified atom stereocenters. The highest BCUT2D eigenvalue weighted by atomic mass is 35.5. The Labute approximate surface area is 181 Å². The van der Waals surface area contributed by atoms with Crippen molar-refractivity contribution in [2.45, 2.75) is 25.4 Å². The molecule has 4 rings (SSSR count). The fourth-order valence-electron chi connectivity index (χ4n) is 3.54. The number of hydrogen-bond acceptors (Lipinski definition) is 5. The zero-order valence-electron chi connectivity index (χ0n) is 15.8. The van der Waals surface area contributed by atoms with Gasteiger partial charge in [0.2, 0.25) is 5.89 Å². The standard InChI is InChI=1S/C21H18Cl2F2N2O3/c22-14-6-13(7-15(23)9-14)20-26-17-4-3-12(8-18(17)30-20)21(28)29-16-2-1-5-27(10-16)11-19(24)25/h3-4,6-9,16,19H,1-2,5,10-11H2. The Morgan fingerprint density at radius 1 is 1.23 bits per heavy atom. The van der Waals surface area contributed by atoms with E-state index in [0.29, 0.717) is 64.1 Å². The molecule has 2 aromatic carbocycles. The third kappa shape index (κ3) is 4.91. The van der Waals surface area contributed by atoms with Gasteiger partial charge in [0.05, 0.1) is 12.1 Å². The van der Waals surface area contributed by atoms with E-state index in [1.54, 1.807) is 41.3 Å². The Morgan fingerprint density at radius 2 is 2.00 bits per heavy atom. The maximum Gasteiger partial charge on any atom is 0.338 e. The van der Waals surface area contributed by atoms with Crippen molar-refractivity contribution in [1.82, 2.24) is 9.88 Å². The lowest BCUT2D eigenvalue weighted by Gasteiger charge is -2.31. The maximum absolute atomic E-state index is 12.6. The number of alkyl halides is 2. The second-order valence-corrected chi connectivity index (χ2v) is 8.05. The quantitative estimate of drug-likeness (QED) is 0.463. The van der Waals surface area contributed by atoms with Gasteiger partial charge in [-0.15, -0.1) is 0 Å². The van der Waals surface area contributed by atoms with Crippen LogP contribution in [0.5, 0.6) is 0 Å². The van der Waals surface area contributed by atoms with Crippen LogP contribution in [0, 0.1) is 0 Å². The second-order valence-electron chi connectivity index (χ2n) is 7.18. The van der Waals surface area contributed by atoms with Crippen LogP contribution in [0.15, 0.2) is 40.8 Å². The van der Waals surface area contributed by atoms with Gasteiger partial charge in [0.1, 0.15) is 11.6 Å². The molecule has 3 aromatic rings. The van der Waals surface area contributed by atoms with Crippen LogP contribution in [-0.4, -0.2) is 48.0 Å². The molecule has 0 spiro atoms. The zero-order chi connectivity index (χ0) is 21.3. The lowest BCUT2D eigenvalue weighted by atomic mass is 10.1. The highest BCUT2D eigenvalue weighted by Gasteiger charge is 2.25. The number of hydrogen-bond donors (Lipinski definition) is 0. The van der Waals surface area contributed by atoms with E-state index >= 15 is 0 Å². The molecule has 9 heteroatoms. The van der Waals surface area contributed by atoms with Gasteiger partial charge in [-0.25, -0.2) is 18.6 Å². The molecule has 1 atom stereocenters. The summed E-state index contributed by atoms with van der Waals surface area (Å²) >= 11 is 12.1. The number of piperidine rings is 1. The van der Waals surface area contributed by atoms with Gasteiger partial charge in [-0.2, -0.15) is 0 Å². The van der Waals surface area contributed by atoms with Crippen molar-refractivity contribution in [2.24, 2.45) is 0 Å². The molecule has 30 heavy (non-hydrogen) atoms. The molecule has 1 aromatic heterocycles. The van der Waals surface area contributed by atoms with Crippen molar-refractivity contribution in [3.05, 3.63) is 52.0 Å². The maximum atomic E-state index is 12.6. The summed E-state index contributed by atoms with van der Waals surface area (Å²) in [5.41, 5.74) is 1.91. The number of carbonyl (C=O) groups is 1. The minimum Gasteiger partial charge on any atom is -0.457 e. The van der Waals surface area contributed by atoms with Crippen molar-refractivity contribution in [2.75, 3.05) is 19.6 Å². The number of ether oxygens (including phenoxy) is 1. The molecule has 1 fully saturated rings. The summed E-state index contributed by atoms with van der Waals surface area (Å²) < 4.78 is 36.5. The normalized spacial score (nSPS) is 17.6. The molecular formula is C21H18Cl2F2N2O3. The van der Waals surface area contributed by atoms with Crippen LogP contribution in [-0.2, 0) is 4.74 Å². The lowest BCUT2D eigenvalue weighted by molar-refractivity contribution is -0.00440. The van der Waals surface area contributed by atoms with Crippen molar-refractivity contribution >= 4 is 40.3 Å². The van der Waals surface area contributed by atoms with Gasteiger partial charge in [0.25, 0.3) is 6.43 Å². The highest BCUT2D eigenvalue weighted by molar-refractivity contribution is 6.35. The number of oxazole rings is 1. The average Bonchev–Trinajstić information content (AvgIpc) is 3.10. The van der Waals surface area contributed by atoms with Crippen LogP contribution in [0.4, 0.5) is 8.78 Å². The smallest absolute Gasteiger partial charge is 0.338 e. The number of rotatable bonds is 5. The Bertz CT molecular complexity index is 1050. The first-order valence-electron chi connectivity index (χ1n) is 9.46. The minimum atomic E-state index is -2.41. The number of nitrogens with zero attached hydrogens (tertiary/aromatic N) is 2. The van der Waals surface area contributed by atoms with Crippen molar-refractivity contribution in [3.8, 4) is 11.5 Å². The van der Waals surface area contributed by atoms with Crippen molar-refractivity contribution in [3.63, 3.8) is 0 Å². The Kier molecular flexibility index (Phi) is 6.22. The van der Waals surface area contributed by atoms with Crippen LogP contribution >= 0.6 is 23.2 Å². The van der Waals surface area contributed by atoms with E-state index in [1.165, 1.54) is 0 Å². The molecule has 0 radical (unpaired) electrons. The first-order valence-corrected chi connectivity index (χ1v) is 10.2. The van der Waals surface area contributed by atoms with Crippen LogP contribution in [0.2, 0.25) is 10.0 Å². The molecular weight excluding hydrogens is 437 g/mol. The van der Waals surface area contributed by atoms with E-state index in [-0.39, 0.29) is 6.54 Å². The third-order valence-electron chi connectivity index (χ3n) is 4.87. The summed E-state index contributed by atoms with van der Waals surface area (Å²) in [6, 6.07) is 9.79. The molecule has 1 aliphatic rings. The molecule has 1 saturated heterocycles. The summed E-state index contributed by atoms with van der Waals surface area (Å²) in [6.07, 6.45) is -1.47. The molecule has 158 valence electrons. The van der Waals surface area contributed by atoms with Crippen LogP contribution < -0.4 is 0 Å². The fraction of sp³-hybridized carbons (Fsp3) is 0.333. The van der Waals surface area contributed by atoms with Gasteiger partial charge in [-0.1, -0.05) is 23.2 Å². The predicted octanol–water partition coefficient (Wildman–Crippen LogP) is 5.69. The molecule has 1 aliphatic heterocycles. The summed E-state index contributed by atoms with van der Waals surface area (Å²) in [7, 11) is 0. The van der Waals surface area contributed by atoms with Gasteiger partial charge < -0.3 is 9.15 Å². The zero-order valence-corrected chi connectivity index (χ0v) is 17.3. The lowest BCUT2D eigenvalue weighted by Crippen LogP contribution is -2.42. The van der Waals surface area contributed by atoms with Crippen molar-refractivity contribution < 1.29 is 22.7 Å². The van der Waals surface area contributed by atoms with Crippen LogP contribution in [0.3, 0.4) is 0 Å². The molecule has 0 saturated carbocycles. The Hall–Kier alpha value is -2.22. The number of halogens is 4. The molecule has 0 aliphatic carbocycles. The van der Waals surface area contributed by atoms with Crippen LogP contribution in [0.1, 0.15) is 23.2 Å². The van der Waals surface area contributed by atoms with E-state index in [1.807, 2.05) is 0 Å². The molecule has 0 N–H and O–H groups in total. The summed E-state index contributed by atoms with van der Waals surface area (Å²) in [4.78, 5) is 18.6. The predicted molar refractivity (Wildman–Crippen MR) is 110 cm³/mol. The number of benzene rings is 2. The first-order chi connectivity index (χ1) is 14.4. The summed E-state index contributed by atoms with van der Waals surface area (Å²) in [5.74, 6) is -0.195. The molecule has 0 bridgehead atoms. The van der Waals surface area contributed by atoms with E-state index < -0.39 is 18.5 Å². The summed E-state index contributed by atoms with van der Waals surface area (Å²) in [5, 5.41) is 0.912. The number of esters is 1. The van der Waals surface area contributed by atoms with Gasteiger partial charge in [-0.3, -0.25) is 4.90 Å². The molecule has 0 amide bonds. The first kappa shape index (κ1) is 21.0. The second kappa shape index (κ2) is 8.88. The number of likely N-dealkylation sites (tertiary alicyclic amines) is 1. The van der Waals surface area contributed by atoms with E-state index in [2.05, 4.69) is 4.98 Å². The molecule has 2 heterocycles. The monoisotopic (exact) mass is 454 g/mol. The average molecular weight is 455 g/mol. The van der Waals surface area contributed by atoms with Gasteiger partial charge >= 0.3 is 5.97 Å².